The first kappa shape index (κ1) is 12.6. The number of aromatic nitrogens is 2. The van der Waals surface area contributed by atoms with Crippen LogP contribution in [0.3, 0.4) is 0 Å². The normalized spacial score (nSPS) is 10.9. The molecule has 0 spiro atoms. The molecule has 0 saturated carbocycles. The van der Waals surface area contributed by atoms with Crippen LogP contribution >= 0.6 is 0 Å². The van der Waals surface area contributed by atoms with Gasteiger partial charge in [-0.1, -0.05) is 6.07 Å². The number of ether oxygens (including phenoxy) is 1. The predicted octanol–water partition coefficient (Wildman–Crippen LogP) is 2.90. The molecule has 0 aliphatic carbocycles. The molecule has 0 saturated heterocycles. The second-order valence-electron chi connectivity index (χ2n) is 4.13. The summed E-state index contributed by atoms with van der Waals surface area (Å²) < 4.78 is 33.6. The number of nitrogens with zero attached hydrogens (tertiary/aromatic N) is 2. The zero-order chi connectivity index (χ0) is 14.1. The van der Waals surface area contributed by atoms with Gasteiger partial charge in [0.15, 0.2) is 11.6 Å². The highest BCUT2D eigenvalue weighted by atomic mass is 19.1. The van der Waals surface area contributed by atoms with Crippen molar-refractivity contribution in [2.24, 2.45) is 0 Å². The zero-order valence-corrected chi connectivity index (χ0v) is 10.3. The topological polar surface area (TPSA) is 46.8 Å². The zero-order valence-electron chi connectivity index (χ0n) is 10.3. The van der Waals surface area contributed by atoms with Gasteiger partial charge in [-0.05, 0) is 24.3 Å². The van der Waals surface area contributed by atoms with Crippen molar-refractivity contribution < 1.29 is 18.6 Å². The fraction of sp³-hybridized carbons (Fsp3) is 0.0714. The minimum Gasteiger partial charge on any atom is -0.434 e. The standard InChI is InChI=1S/C14H10F2N2O2/c15-9-4-5-10(16)12(7-9)20-14-11(8-19)18-6-2-1-3-13(18)17-14/h1-7,19H,8H2. The van der Waals surface area contributed by atoms with Crippen molar-refractivity contribution in [3.8, 4) is 11.6 Å². The fourth-order valence-electron chi connectivity index (χ4n) is 1.91. The Labute approximate surface area is 112 Å². The Morgan fingerprint density at radius 3 is 2.85 bits per heavy atom. The van der Waals surface area contributed by atoms with Crippen molar-refractivity contribution in [2.75, 3.05) is 0 Å². The minimum atomic E-state index is -0.702. The Kier molecular flexibility index (Phi) is 3.08. The average molecular weight is 276 g/mol. The van der Waals surface area contributed by atoms with E-state index in [1.54, 1.807) is 28.8 Å². The summed E-state index contributed by atoms with van der Waals surface area (Å²) in [5.74, 6) is -1.55. The van der Waals surface area contributed by atoms with Crippen molar-refractivity contribution in [3.63, 3.8) is 0 Å². The van der Waals surface area contributed by atoms with E-state index < -0.39 is 11.6 Å². The van der Waals surface area contributed by atoms with Crippen LogP contribution in [-0.4, -0.2) is 14.5 Å². The highest BCUT2D eigenvalue weighted by molar-refractivity contribution is 5.46. The van der Waals surface area contributed by atoms with Crippen LogP contribution in [0, 0.1) is 11.6 Å². The van der Waals surface area contributed by atoms with Crippen molar-refractivity contribution in [2.45, 2.75) is 6.61 Å². The molecule has 0 amide bonds. The second-order valence-corrected chi connectivity index (χ2v) is 4.13. The van der Waals surface area contributed by atoms with E-state index in [2.05, 4.69) is 4.98 Å². The van der Waals surface area contributed by atoms with Crippen LogP contribution in [0.15, 0.2) is 42.6 Å². The number of rotatable bonds is 3. The van der Waals surface area contributed by atoms with Gasteiger partial charge in [0, 0.05) is 12.3 Å². The molecule has 6 heteroatoms. The molecule has 1 aromatic carbocycles. The molecule has 3 aromatic rings. The summed E-state index contributed by atoms with van der Waals surface area (Å²) in [5, 5.41) is 9.40. The SMILES string of the molecule is OCc1c(Oc2cc(F)ccc2F)nc2ccccn12. The Bertz CT molecular complexity index is 771. The summed E-state index contributed by atoms with van der Waals surface area (Å²) in [6, 6.07) is 8.16. The Morgan fingerprint density at radius 1 is 1.20 bits per heavy atom. The minimum absolute atomic E-state index is 0.0446. The van der Waals surface area contributed by atoms with E-state index in [0.29, 0.717) is 11.3 Å². The monoisotopic (exact) mass is 276 g/mol. The highest BCUT2D eigenvalue weighted by Gasteiger charge is 2.15. The first-order chi connectivity index (χ1) is 9.69. The molecule has 0 aliphatic rings. The van der Waals surface area contributed by atoms with Crippen LogP contribution in [0.1, 0.15) is 5.69 Å². The third-order valence-electron chi connectivity index (χ3n) is 2.84. The maximum absolute atomic E-state index is 13.6. The number of aliphatic hydroxyl groups is 1. The molecule has 3 rings (SSSR count). The van der Waals surface area contributed by atoms with Gasteiger partial charge in [0.2, 0.25) is 5.88 Å². The molecule has 1 N–H and O–H groups in total. The molecular formula is C14H10F2N2O2. The van der Waals surface area contributed by atoms with Gasteiger partial charge in [0.05, 0.1) is 6.61 Å². The Balaban J connectivity index is 2.08. The summed E-state index contributed by atoms with van der Waals surface area (Å²) in [7, 11) is 0. The molecule has 0 bridgehead atoms. The van der Waals surface area contributed by atoms with Gasteiger partial charge < -0.3 is 9.84 Å². The maximum atomic E-state index is 13.6. The molecule has 20 heavy (non-hydrogen) atoms. The third kappa shape index (κ3) is 2.10. The molecule has 0 atom stereocenters. The van der Waals surface area contributed by atoms with E-state index >= 15 is 0 Å². The van der Waals surface area contributed by atoms with Gasteiger partial charge in [0.25, 0.3) is 0 Å². The second kappa shape index (κ2) is 4.90. The molecule has 0 radical (unpaired) electrons. The van der Waals surface area contributed by atoms with Crippen LogP contribution in [0.2, 0.25) is 0 Å². The van der Waals surface area contributed by atoms with Crippen LogP contribution in [0.25, 0.3) is 5.65 Å². The van der Waals surface area contributed by atoms with Crippen LogP contribution in [-0.2, 0) is 6.61 Å². The fourth-order valence-corrected chi connectivity index (χ4v) is 1.91. The van der Waals surface area contributed by atoms with E-state index in [9.17, 15) is 13.9 Å². The molecule has 4 nitrogen and oxygen atoms in total. The quantitative estimate of drug-likeness (QED) is 0.800. The van der Waals surface area contributed by atoms with Gasteiger partial charge in [-0.3, -0.25) is 4.40 Å². The first-order valence-corrected chi connectivity index (χ1v) is 5.89. The number of imidazole rings is 1. The largest absolute Gasteiger partial charge is 0.434 e. The van der Waals surface area contributed by atoms with Crippen molar-refractivity contribution in [3.05, 3.63) is 59.9 Å². The first-order valence-electron chi connectivity index (χ1n) is 5.89. The van der Waals surface area contributed by atoms with Crippen molar-refractivity contribution in [1.82, 2.24) is 9.38 Å². The lowest BCUT2D eigenvalue weighted by molar-refractivity contribution is 0.269. The molecule has 2 aromatic heterocycles. The van der Waals surface area contributed by atoms with E-state index in [1.165, 1.54) is 0 Å². The van der Waals surface area contributed by atoms with Crippen LogP contribution < -0.4 is 4.74 Å². The number of aliphatic hydroxyl groups excluding tert-OH is 1. The van der Waals surface area contributed by atoms with Gasteiger partial charge in [-0.2, -0.15) is 4.98 Å². The summed E-state index contributed by atoms with van der Waals surface area (Å²) in [6.07, 6.45) is 1.70. The molecular weight excluding hydrogens is 266 g/mol. The Hall–Kier alpha value is -2.47. The number of halogens is 2. The summed E-state index contributed by atoms with van der Waals surface area (Å²) in [5.41, 5.74) is 0.910. The molecule has 0 fully saturated rings. The predicted molar refractivity (Wildman–Crippen MR) is 67.5 cm³/mol. The molecule has 2 heterocycles. The van der Waals surface area contributed by atoms with Gasteiger partial charge >= 0.3 is 0 Å². The Morgan fingerprint density at radius 2 is 2.05 bits per heavy atom. The molecule has 102 valence electrons. The van der Waals surface area contributed by atoms with Crippen molar-refractivity contribution >= 4 is 5.65 Å². The lowest BCUT2D eigenvalue weighted by atomic mass is 10.3. The molecule has 0 aliphatic heterocycles. The highest BCUT2D eigenvalue weighted by Crippen LogP contribution is 2.28. The number of hydrogen-bond donors (Lipinski definition) is 1. The van der Waals surface area contributed by atoms with Gasteiger partial charge in [-0.15, -0.1) is 0 Å². The van der Waals surface area contributed by atoms with E-state index in [4.69, 9.17) is 4.74 Å². The summed E-state index contributed by atoms with van der Waals surface area (Å²) >= 11 is 0. The maximum Gasteiger partial charge on any atom is 0.244 e. The van der Waals surface area contributed by atoms with E-state index in [0.717, 1.165) is 18.2 Å². The lowest BCUT2D eigenvalue weighted by Gasteiger charge is -2.05. The lowest BCUT2D eigenvalue weighted by Crippen LogP contribution is -1.96. The average Bonchev–Trinajstić information content (AvgIpc) is 2.80. The molecule has 0 unspecified atom stereocenters. The number of hydrogen-bond acceptors (Lipinski definition) is 3. The number of fused-ring (bicyclic) bond motifs is 1. The van der Waals surface area contributed by atoms with E-state index in [1.807, 2.05) is 0 Å². The van der Waals surface area contributed by atoms with Gasteiger partial charge in [-0.25, -0.2) is 8.78 Å². The van der Waals surface area contributed by atoms with Crippen LogP contribution in [0.5, 0.6) is 11.6 Å². The van der Waals surface area contributed by atoms with Gasteiger partial charge in [0.1, 0.15) is 17.2 Å². The summed E-state index contributed by atoms with van der Waals surface area (Å²) in [6.45, 7) is -0.336. The number of pyridine rings is 1. The van der Waals surface area contributed by atoms with Crippen molar-refractivity contribution in [1.29, 1.82) is 0 Å². The summed E-state index contributed by atoms with van der Waals surface area (Å²) in [4.78, 5) is 4.14. The smallest absolute Gasteiger partial charge is 0.244 e. The van der Waals surface area contributed by atoms with Crippen LogP contribution in [0.4, 0.5) is 8.78 Å². The van der Waals surface area contributed by atoms with E-state index in [-0.39, 0.29) is 18.2 Å². The number of benzene rings is 1. The third-order valence-corrected chi connectivity index (χ3v) is 2.84.